The fraction of sp³-hybridized carbons (Fsp3) is 0.118. The molecule has 0 aliphatic heterocycles. The standard InChI is InChI=1S/C17H12F3N3O2S/c1-25-11-8-6-10(7-9-11)14-21-16(26-23-14)22-15(24)12-4-2-3-5-13(12)17(18,19)20/h2-9H,1H3,(H,21,22,23,24). The van der Waals surface area contributed by atoms with Crippen molar-refractivity contribution in [1.82, 2.24) is 9.36 Å². The summed E-state index contributed by atoms with van der Waals surface area (Å²) in [5.41, 5.74) is -0.781. The average molecular weight is 379 g/mol. The van der Waals surface area contributed by atoms with Crippen molar-refractivity contribution >= 4 is 22.6 Å². The molecule has 3 rings (SSSR count). The van der Waals surface area contributed by atoms with Gasteiger partial charge in [-0.3, -0.25) is 10.1 Å². The molecular weight excluding hydrogens is 367 g/mol. The van der Waals surface area contributed by atoms with E-state index in [1.807, 2.05) is 0 Å². The van der Waals surface area contributed by atoms with Crippen molar-refractivity contribution in [3.8, 4) is 17.1 Å². The summed E-state index contributed by atoms with van der Waals surface area (Å²) in [4.78, 5) is 16.4. The molecule has 0 bridgehead atoms. The number of methoxy groups -OCH3 is 1. The lowest BCUT2D eigenvalue weighted by atomic mass is 10.1. The zero-order valence-electron chi connectivity index (χ0n) is 13.4. The van der Waals surface area contributed by atoms with Crippen LogP contribution in [-0.2, 0) is 6.18 Å². The first-order valence-corrected chi connectivity index (χ1v) is 8.11. The molecule has 26 heavy (non-hydrogen) atoms. The minimum Gasteiger partial charge on any atom is -0.497 e. The van der Waals surface area contributed by atoms with Crippen LogP contribution < -0.4 is 10.1 Å². The smallest absolute Gasteiger partial charge is 0.417 e. The molecule has 0 saturated carbocycles. The van der Waals surface area contributed by atoms with Crippen molar-refractivity contribution in [2.45, 2.75) is 6.18 Å². The highest BCUT2D eigenvalue weighted by molar-refractivity contribution is 7.10. The first kappa shape index (κ1) is 17.9. The van der Waals surface area contributed by atoms with Crippen molar-refractivity contribution in [2.75, 3.05) is 12.4 Å². The Morgan fingerprint density at radius 1 is 1.12 bits per heavy atom. The van der Waals surface area contributed by atoms with Crippen LogP contribution >= 0.6 is 11.5 Å². The van der Waals surface area contributed by atoms with E-state index in [0.29, 0.717) is 17.1 Å². The second kappa shape index (κ2) is 7.12. The summed E-state index contributed by atoms with van der Waals surface area (Å²) >= 11 is 0.885. The molecule has 0 fully saturated rings. The lowest BCUT2D eigenvalue weighted by Crippen LogP contribution is -2.18. The van der Waals surface area contributed by atoms with Gasteiger partial charge in [-0.05, 0) is 36.4 Å². The molecule has 9 heteroatoms. The summed E-state index contributed by atoms with van der Waals surface area (Å²) in [6, 6.07) is 11.5. The van der Waals surface area contributed by atoms with E-state index in [2.05, 4.69) is 14.7 Å². The number of amides is 1. The number of alkyl halides is 3. The normalized spacial score (nSPS) is 11.2. The van der Waals surface area contributed by atoms with Gasteiger partial charge in [0.1, 0.15) is 5.75 Å². The Balaban J connectivity index is 1.80. The number of anilines is 1. The number of carbonyl (C=O) groups is 1. The largest absolute Gasteiger partial charge is 0.497 e. The fourth-order valence-electron chi connectivity index (χ4n) is 2.22. The highest BCUT2D eigenvalue weighted by Crippen LogP contribution is 2.32. The third-order valence-corrected chi connectivity index (χ3v) is 4.10. The molecule has 1 heterocycles. The number of hydrogen-bond donors (Lipinski definition) is 1. The van der Waals surface area contributed by atoms with Crippen LogP contribution in [0.15, 0.2) is 48.5 Å². The Morgan fingerprint density at radius 2 is 1.81 bits per heavy atom. The minimum atomic E-state index is -4.62. The van der Waals surface area contributed by atoms with Crippen LogP contribution in [0.2, 0.25) is 0 Å². The average Bonchev–Trinajstić information content (AvgIpc) is 3.09. The van der Waals surface area contributed by atoms with Gasteiger partial charge in [0, 0.05) is 17.1 Å². The molecule has 0 atom stereocenters. The van der Waals surface area contributed by atoms with Gasteiger partial charge in [-0.2, -0.15) is 22.5 Å². The molecule has 0 radical (unpaired) electrons. The Morgan fingerprint density at radius 3 is 2.46 bits per heavy atom. The van der Waals surface area contributed by atoms with Gasteiger partial charge < -0.3 is 4.74 Å². The predicted octanol–water partition coefficient (Wildman–Crippen LogP) is 4.48. The minimum absolute atomic E-state index is 0.109. The molecule has 3 aromatic rings. The second-order valence-electron chi connectivity index (χ2n) is 5.15. The predicted molar refractivity (Wildman–Crippen MR) is 91.3 cm³/mol. The van der Waals surface area contributed by atoms with Gasteiger partial charge in [0.2, 0.25) is 5.13 Å². The molecule has 1 amide bonds. The molecule has 1 aromatic heterocycles. The van der Waals surface area contributed by atoms with Crippen molar-refractivity contribution in [1.29, 1.82) is 0 Å². The lowest BCUT2D eigenvalue weighted by molar-refractivity contribution is -0.137. The summed E-state index contributed by atoms with van der Waals surface area (Å²) < 4.78 is 48.2. The number of ether oxygens (including phenoxy) is 1. The Bertz CT molecular complexity index is 924. The van der Waals surface area contributed by atoms with Crippen LogP contribution in [0.25, 0.3) is 11.4 Å². The number of benzene rings is 2. The summed E-state index contributed by atoms with van der Waals surface area (Å²) in [5.74, 6) is 0.133. The number of carbonyl (C=O) groups excluding carboxylic acids is 1. The molecule has 1 N–H and O–H groups in total. The SMILES string of the molecule is COc1ccc(-c2nsc(NC(=O)c3ccccc3C(F)(F)F)n2)cc1. The van der Waals surface area contributed by atoms with Gasteiger partial charge in [0.05, 0.1) is 18.2 Å². The molecule has 0 spiro atoms. The van der Waals surface area contributed by atoms with Gasteiger partial charge in [0.15, 0.2) is 5.82 Å². The third kappa shape index (κ3) is 3.83. The molecule has 134 valence electrons. The molecule has 2 aromatic carbocycles. The number of aromatic nitrogens is 2. The Kier molecular flexibility index (Phi) is 4.90. The maximum Gasteiger partial charge on any atom is 0.417 e. The van der Waals surface area contributed by atoms with E-state index in [1.165, 1.54) is 12.1 Å². The van der Waals surface area contributed by atoms with Crippen molar-refractivity contribution in [3.05, 3.63) is 59.7 Å². The van der Waals surface area contributed by atoms with Gasteiger partial charge in [-0.1, -0.05) is 12.1 Å². The quantitative estimate of drug-likeness (QED) is 0.726. The maximum absolute atomic E-state index is 13.0. The van der Waals surface area contributed by atoms with Crippen LogP contribution in [0.5, 0.6) is 5.75 Å². The van der Waals surface area contributed by atoms with Gasteiger partial charge in [-0.15, -0.1) is 0 Å². The van der Waals surface area contributed by atoms with E-state index in [0.717, 1.165) is 23.7 Å². The van der Waals surface area contributed by atoms with E-state index in [9.17, 15) is 18.0 Å². The Hall–Kier alpha value is -2.94. The molecule has 0 aliphatic rings. The van der Waals surface area contributed by atoms with Gasteiger partial charge in [-0.25, -0.2) is 0 Å². The topological polar surface area (TPSA) is 64.1 Å². The van der Waals surface area contributed by atoms with Gasteiger partial charge in [0.25, 0.3) is 5.91 Å². The monoisotopic (exact) mass is 379 g/mol. The van der Waals surface area contributed by atoms with Crippen LogP contribution in [0.3, 0.4) is 0 Å². The van der Waals surface area contributed by atoms with Crippen molar-refractivity contribution in [2.24, 2.45) is 0 Å². The number of rotatable bonds is 4. The first-order chi connectivity index (χ1) is 12.4. The first-order valence-electron chi connectivity index (χ1n) is 7.34. The Labute approximate surface area is 150 Å². The zero-order valence-corrected chi connectivity index (χ0v) is 14.2. The van der Waals surface area contributed by atoms with Crippen molar-refractivity contribution < 1.29 is 22.7 Å². The zero-order chi connectivity index (χ0) is 18.7. The second-order valence-corrected chi connectivity index (χ2v) is 5.90. The van der Waals surface area contributed by atoms with E-state index >= 15 is 0 Å². The van der Waals surface area contributed by atoms with Crippen molar-refractivity contribution in [3.63, 3.8) is 0 Å². The molecule has 0 saturated heterocycles. The van der Waals surface area contributed by atoms with E-state index < -0.39 is 23.2 Å². The molecule has 5 nitrogen and oxygen atoms in total. The van der Waals surface area contributed by atoms with Crippen LogP contribution in [-0.4, -0.2) is 22.4 Å². The van der Waals surface area contributed by atoms with Gasteiger partial charge >= 0.3 is 6.18 Å². The van der Waals surface area contributed by atoms with E-state index in [-0.39, 0.29) is 5.13 Å². The number of nitrogens with one attached hydrogen (secondary N) is 1. The van der Waals surface area contributed by atoms with Crippen LogP contribution in [0, 0.1) is 0 Å². The number of halogens is 3. The summed E-state index contributed by atoms with van der Waals surface area (Å²) in [6.07, 6.45) is -4.62. The van der Waals surface area contributed by atoms with Crippen LogP contribution in [0.1, 0.15) is 15.9 Å². The molecule has 0 unspecified atom stereocenters. The summed E-state index contributed by atoms with van der Waals surface area (Å²) in [5, 5.41) is 2.47. The van der Waals surface area contributed by atoms with Crippen LogP contribution in [0.4, 0.5) is 18.3 Å². The number of nitrogens with zero attached hydrogens (tertiary/aromatic N) is 2. The maximum atomic E-state index is 13.0. The fourth-order valence-corrected chi connectivity index (χ4v) is 2.81. The van der Waals surface area contributed by atoms with E-state index in [4.69, 9.17) is 4.74 Å². The summed E-state index contributed by atoms with van der Waals surface area (Å²) in [6.45, 7) is 0. The number of hydrogen-bond acceptors (Lipinski definition) is 5. The summed E-state index contributed by atoms with van der Waals surface area (Å²) in [7, 11) is 1.54. The molecular formula is C17H12F3N3O2S. The molecule has 0 aliphatic carbocycles. The van der Waals surface area contributed by atoms with E-state index in [1.54, 1.807) is 31.4 Å². The highest BCUT2D eigenvalue weighted by atomic mass is 32.1. The third-order valence-electron chi connectivity index (χ3n) is 3.47. The highest BCUT2D eigenvalue weighted by Gasteiger charge is 2.35. The lowest BCUT2D eigenvalue weighted by Gasteiger charge is -2.11.